The number of benzene rings is 2. The van der Waals surface area contributed by atoms with Crippen LogP contribution < -0.4 is 10.6 Å². The van der Waals surface area contributed by atoms with Crippen molar-refractivity contribution in [3.8, 4) is 0 Å². The fourth-order valence-corrected chi connectivity index (χ4v) is 4.06. The molecule has 5 nitrogen and oxygen atoms in total. The summed E-state index contributed by atoms with van der Waals surface area (Å²) in [5.74, 6) is 1.58. The van der Waals surface area contributed by atoms with Crippen molar-refractivity contribution in [3.05, 3.63) is 48.0 Å². The molecule has 1 aliphatic rings. The van der Waals surface area contributed by atoms with Gasteiger partial charge < -0.3 is 20.3 Å². The molecule has 2 aromatic carbocycles. The number of hydrogen-bond acceptors (Lipinski definition) is 3. The highest BCUT2D eigenvalue weighted by Gasteiger charge is 2.19. The number of nitrogens with one attached hydrogen (secondary N) is 2. The van der Waals surface area contributed by atoms with Gasteiger partial charge in [0, 0.05) is 26.7 Å². The maximum atomic E-state index is 5.20. The highest BCUT2D eigenvalue weighted by atomic mass is 16.5. The van der Waals surface area contributed by atoms with Crippen molar-refractivity contribution in [2.24, 2.45) is 10.9 Å². The summed E-state index contributed by atoms with van der Waals surface area (Å²) in [5.41, 5.74) is 1.31. The molecule has 0 aliphatic carbocycles. The van der Waals surface area contributed by atoms with Gasteiger partial charge in [-0.1, -0.05) is 42.5 Å². The van der Waals surface area contributed by atoms with Gasteiger partial charge in [-0.25, -0.2) is 0 Å². The van der Waals surface area contributed by atoms with Crippen molar-refractivity contribution >= 4 is 16.7 Å². The molecule has 1 heterocycles. The third-order valence-corrected chi connectivity index (χ3v) is 5.81. The minimum atomic E-state index is 0.190. The van der Waals surface area contributed by atoms with E-state index in [4.69, 9.17) is 9.73 Å². The molecule has 158 valence electrons. The standard InChI is InChI=1S/C24H36N4O/c1-4-25-24(26-18-20-12-14-28(15-13-20)16-17-29-3)27-19(2)22-11-7-9-21-8-5-6-10-23(21)22/h5-11,19-20H,4,12-18H2,1-3H3,(H2,25,26,27). The van der Waals surface area contributed by atoms with Crippen LogP contribution in [-0.4, -0.2) is 57.3 Å². The fraction of sp³-hybridized carbons (Fsp3) is 0.542. The first-order valence-electron chi connectivity index (χ1n) is 10.9. The van der Waals surface area contributed by atoms with Crippen LogP contribution >= 0.6 is 0 Å². The van der Waals surface area contributed by atoms with Crippen LogP contribution in [0.25, 0.3) is 10.8 Å². The number of rotatable bonds is 8. The predicted octanol–water partition coefficient (Wildman–Crippen LogP) is 3.81. The highest BCUT2D eigenvalue weighted by molar-refractivity contribution is 5.87. The van der Waals surface area contributed by atoms with Gasteiger partial charge in [0.25, 0.3) is 0 Å². The lowest BCUT2D eigenvalue weighted by Gasteiger charge is -2.31. The summed E-state index contributed by atoms with van der Waals surface area (Å²) in [5, 5.41) is 9.61. The third kappa shape index (κ3) is 6.18. The number of ether oxygens (including phenoxy) is 1. The summed E-state index contributed by atoms with van der Waals surface area (Å²) in [7, 11) is 1.77. The molecule has 5 heteroatoms. The fourth-order valence-electron chi connectivity index (χ4n) is 4.06. The molecule has 29 heavy (non-hydrogen) atoms. The Bertz CT molecular complexity index is 778. The molecule has 1 saturated heterocycles. The van der Waals surface area contributed by atoms with Crippen LogP contribution in [0.5, 0.6) is 0 Å². The smallest absolute Gasteiger partial charge is 0.191 e. The van der Waals surface area contributed by atoms with Crippen molar-refractivity contribution in [1.82, 2.24) is 15.5 Å². The molecule has 0 amide bonds. The number of fused-ring (bicyclic) bond motifs is 1. The summed E-state index contributed by atoms with van der Waals surface area (Å²) < 4.78 is 5.20. The summed E-state index contributed by atoms with van der Waals surface area (Å²) in [6, 6.07) is 15.3. The average Bonchev–Trinajstić information content (AvgIpc) is 2.76. The van der Waals surface area contributed by atoms with Crippen LogP contribution in [0.3, 0.4) is 0 Å². The van der Waals surface area contributed by atoms with E-state index in [1.165, 1.54) is 29.2 Å². The van der Waals surface area contributed by atoms with Crippen molar-refractivity contribution in [3.63, 3.8) is 0 Å². The Hall–Kier alpha value is -2.11. The average molecular weight is 397 g/mol. The van der Waals surface area contributed by atoms with E-state index < -0.39 is 0 Å². The highest BCUT2D eigenvalue weighted by Crippen LogP contribution is 2.24. The number of likely N-dealkylation sites (tertiary alicyclic amines) is 1. The van der Waals surface area contributed by atoms with Gasteiger partial charge in [0.05, 0.1) is 12.6 Å². The number of methoxy groups -OCH3 is 1. The van der Waals surface area contributed by atoms with Crippen molar-refractivity contribution in [2.45, 2.75) is 32.7 Å². The number of piperidine rings is 1. The van der Waals surface area contributed by atoms with Gasteiger partial charge in [0.15, 0.2) is 5.96 Å². The van der Waals surface area contributed by atoms with Gasteiger partial charge in [0.2, 0.25) is 0 Å². The van der Waals surface area contributed by atoms with Crippen LogP contribution in [0.1, 0.15) is 38.3 Å². The van der Waals surface area contributed by atoms with Crippen LogP contribution in [0.4, 0.5) is 0 Å². The molecule has 2 aromatic rings. The summed E-state index contributed by atoms with van der Waals surface area (Å²) >= 11 is 0. The van der Waals surface area contributed by atoms with E-state index in [0.717, 1.165) is 45.3 Å². The Labute approximate surface area is 175 Å². The first-order valence-corrected chi connectivity index (χ1v) is 10.9. The molecule has 0 aromatic heterocycles. The lowest BCUT2D eigenvalue weighted by Crippen LogP contribution is -2.40. The molecule has 1 fully saturated rings. The van der Waals surface area contributed by atoms with E-state index in [0.29, 0.717) is 5.92 Å². The molecule has 0 bridgehead atoms. The quantitative estimate of drug-likeness (QED) is 0.526. The molecule has 2 N–H and O–H groups in total. The number of aliphatic imine (C=N–C) groups is 1. The Balaban J connectivity index is 1.59. The SMILES string of the molecule is CCNC(=NCC1CCN(CCOC)CC1)NC(C)c1cccc2ccccc12. The molecule has 3 rings (SSSR count). The maximum absolute atomic E-state index is 5.20. The van der Waals surface area contributed by atoms with Gasteiger partial charge >= 0.3 is 0 Å². The van der Waals surface area contributed by atoms with E-state index >= 15 is 0 Å². The van der Waals surface area contributed by atoms with Gasteiger partial charge in [-0.2, -0.15) is 0 Å². The zero-order valence-corrected chi connectivity index (χ0v) is 18.2. The number of nitrogens with zero attached hydrogens (tertiary/aromatic N) is 2. The second-order valence-corrected chi connectivity index (χ2v) is 7.93. The number of guanidine groups is 1. The van der Waals surface area contributed by atoms with Crippen molar-refractivity contribution in [2.75, 3.05) is 46.4 Å². The molecule has 0 saturated carbocycles. The molecule has 1 unspecified atom stereocenters. The van der Waals surface area contributed by atoms with E-state index in [-0.39, 0.29) is 6.04 Å². The Morgan fingerprint density at radius 2 is 1.93 bits per heavy atom. The lowest BCUT2D eigenvalue weighted by molar-refractivity contribution is 0.121. The van der Waals surface area contributed by atoms with Gasteiger partial charge in [0.1, 0.15) is 0 Å². The molecular weight excluding hydrogens is 360 g/mol. The maximum Gasteiger partial charge on any atom is 0.191 e. The van der Waals surface area contributed by atoms with E-state index in [2.05, 4.69) is 71.8 Å². The van der Waals surface area contributed by atoms with Crippen LogP contribution in [0, 0.1) is 5.92 Å². The second kappa shape index (κ2) is 11.2. The second-order valence-electron chi connectivity index (χ2n) is 7.93. The Morgan fingerprint density at radius 1 is 1.17 bits per heavy atom. The summed E-state index contributed by atoms with van der Waals surface area (Å²) in [4.78, 5) is 7.42. The van der Waals surface area contributed by atoms with Crippen LogP contribution in [0.2, 0.25) is 0 Å². The van der Waals surface area contributed by atoms with Gasteiger partial charge in [-0.15, -0.1) is 0 Å². The number of hydrogen-bond donors (Lipinski definition) is 2. The zero-order valence-electron chi connectivity index (χ0n) is 18.2. The van der Waals surface area contributed by atoms with Gasteiger partial charge in [-0.3, -0.25) is 4.99 Å². The van der Waals surface area contributed by atoms with Crippen molar-refractivity contribution in [1.29, 1.82) is 0 Å². The molecule has 1 atom stereocenters. The minimum absolute atomic E-state index is 0.190. The summed E-state index contributed by atoms with van der Waals surface area (Å²) in [6.07, 6.45) is 2.43. The first kappa shape index (κ1) is 21.6. The van der Waals surface area contributed by atoms with E-state index in [1.54, 1.807) is 7.11 Å². The molecule has 0 spiro atoms. The molecule has 0 radical (unpaired) electrons. The predicted molar refractivity (Wildman–Crippen MR) is 123 cm³/mol. The normalized spacial score (nSPS) is 17.4. The van der Waals surface area contributed by atoms with Crippen LogP contribution in [-0.2, 0) is 4.74 Å². The third-order valence-electron chi connectivity index (χ3n) is 5.81. The molecular formula is C24H36N4O. The van der Waals surface area contributed by atoms with Crippen molar-refractivity contribution < 1.29 is 4.74 Å². The van der Waals surface area contributed by atoms with E-state index in [9.17, 15) is 0 Å². The molecule has 1 aliphatic heterocycles. The van der Waals surface area contributed by atoms with Gasteiger partial charge in [-0.05, 0) is 62.0 Å². The van der Waals surface area contributed by atoms with Crippen LogP contribution in [0.15, 0.2) is 47.5 Å². The lowest BCUT2D eigenvalue weighted by atomic mass is 9.97. The first-order chi connectivity index (χ1) is 14.2. The Morgan fingerprint density at radius 3 is 2.69 bits per heavy atom. The zero-order chi connectivity index (χ0) is 20.5. The monoisotopic (exact) mass is 396 g/mol. The minimum Gasteiger partial charge on any atom is -0.383 e. The Kier molecular flexibility index (Phi) is 8.32. The summed E-state index contributed by atoms with van der Waals surface area (Å²) in [6.45, 7) is 10.2. The van der Waals surface area contributed by atoms with E-state index in [1.807, 2.05) is 0 Å². The largest absolute Gasteiger partial charge is 0.383 e. The topological polar surface area (TPSA) is 48.9 Å².